The SMILES string of the molecule is C=C1CCC/C=C\C(=O)O[C@H](C(C)C/C(C)=C/C)[C@@H](C)C(O)C/C=C/c2cccc(c2)C2OCCC(CC(O)C1)O2. The molecule has 2 N–H and O–H groups in total. The van der Waals surface area contributed by atoms with Crippen molar-refractivity contribution in [3.05, 3.63) is 77.4 Å². The van der Waals surface area contributed by atoms with Crippen LogP contribution >= 0.6 is 0 Å². The lowest BCUT2D eigenvalue weighted by Gasteiger charge is -2.32. The average molecular weight is 567 g/mol. The Kier molecular flexibility index (Phi) is 13.5. The van der Waals surface area contributed by atoms with Gasteiger partial charge in [0.25, 0.3) is 0 Å². The van der Waals surface area contributed by atoms with Crippen molar-refractivity contribution in [1.82, 2.24) is 0 Å². The second-order valence-corrected chi connectivity index (χ2v) is 11.8. The van der Waals surface area contributed by atoms with E-state index in [9.17, 15) is 15.0 Å². The van der Waals surface area contributed by atoms with E-state index in [0.29, 0.717) is 32.3 Å². The molecule has 1 aromatic carbocycles. The van der Waals surface area contributed by atoms with Gasteiger partial charge < -0.3 is 24.4 Å². The van der Waals surface area contributed by atoms with E-state index in [1.807, 2.05) is 56.3 Å². The molecule has 1 saturated heterocycles. The van der Waals surface area contributed by atoms with Crippen LogP contribution in [0.25, 0.3) is 6.08 Å². The minimum Gasteiger partial charge on any atom is -0.459 e. The third-order valence-electron chi connectivity index (χ3n) is 8.19. The molecule has 1 fully saturated rings. The van der Waals surface area contributed by atoms with Gasteiger partial charge in [0.05, 0.1) is 24.9 Å². The Balaban J connectivity index is 1.80. The van der Waals surface area contributed by atoms with Crippen molar-refractivity contribution < 1.29 is 29.2 Å². The van der Waals surface area contributed by atoms with Crippen LogP contribution in [0.5, 0.6) is 0 Å². The molecule has 2 aliphatic rings. The number of hydrogen-bond donors (Lipinski definition) is 2. The lowest BCUT2D eigenvalue weighted by Crippen LogP contribution is -2.37. The van der Waals surface area contributed by atoms with Crippen molar-refractivity contribution in [3.63, 3.8) is 0 Å². The molecule has 5 unspecified atom stereocenters. The van der Waals surface area contributed by atoms with Crippen molar-refractivity contribution in [3.8, 4) is 0 Å². The first-order chi connectivity index (χ1) is 19.7. The highest BCUT2D eigenvalue weighted by Crippen LogP contribution is 2.31. The minimum absolute atomic E-state index is 0.0532. The molecule has 2 aliphatic heterocycles. The number of esters is 1. The number of aliphatic hydroxyl groups is 2. The van der Waals surface area contributed by atoms with Gasteiger partial charge in [0.1, 0.15) is 6.10 Å². The topological polar surface area (TPSA) is 85.2 Å². The lowest BCUT2D eigenvalue weighted by atomic mass is 9.84. The fourth-order valence-corrected chi connectivity index (χ4v) is 5.65. The largest absolute Gasteiger partial charge is 0.459 e. The van der Waals surface area contributed by atoms with Gasteiger partial charge in [-0.05, 0) is 76.3 Å². The first kappa shape index (κ1) is 33.0. The maximum atomic E-state index is 12.8. The Bertz CT molecular complexity index is 1070. The lowest BCUT2D eigenvalue weighted by molar-refractivity contribution is -0.222. The summed E-state index contributed by atoms with van der Waals surface area (Å²) in [5.41, 5.74) is 4.13. The van der Waals surface area contributed by atoms with Gasteiger partial charge in [-0.2, -0.15) is 0 Å². The molecule has 2 heterocycles. The summed E-state index contributed by atoms with van der Waals surface area (Å²) in [6.45, 7) is 12.8. The second kappa shape index (κ2) is 16.8. The highest BCUT2D eigenvalue weighted by Gasteiger charge is 2.31. The van der Waals surface area contributed by atoms with Gasteiger partial charge in [0, 0.05) is 24.0 Å². The Labute approximate surface area is 246 Å². The number of ether oxygens (including phenoxy) is 3. The number of benzene rings is 1. The van der Waals surface area contributed by atoms with E-state index in [0.717, 1.165) is 42.4 Å². The number of carbonyl (C=O) groups is 1. The fraction of sp³-hybridized carbons (Fsp3) is 0.571. The van der Waals surface area contributed by atoms with E-state index in [4.69, 9.17) is 14.2 Å². The maximum absolute atomic E-state index is 12.8. The van der Waals surface area contributed by atoms with E-state index >= 15 is 0 Å². The van der Waals surface area contributed by atoms with Crippen LogP contribution in [0.2, 0.25) is 0 Å². The molecule has 3 rings (SSSR count). The van der Waals surface area contributed by atoms with Crippen molar-refractivity contribution in [2.45, 2.75) is 110 Å². The molecule has 0 spiro atoms. The highest BCUT2D eigenvalue weighted by molar-refractivity contribution is 5.82. The van der Waals surface area contributed by atoms with Gasteiger partial charge in [-0.15, -0.1) is 0 Å². The minimum atomic E-state index is -0.672. The van der Waals surface area contributed by atoms with E-state index < -0.39 is 24.6 Å². The Hall–Kier alpha value is -2.51. The molecule has 226 valence electrons. The van der Waals surface area contributed by atoms with E-state index in [1.165, 1.54) is 11.6 Å². The third kappa shape index (κ3) is 11.0. The zero-order valence-electron chi connectivity index (χ0n) is 25.3. The molecule has 0 radical (unpaired) electrons. The fourth-order valence-electron chi connectivity index (χ4n) is 5.65. The van der Waals surface area contributed by atoms with Crippen LogP contribution in [0.3, 0.4) is 0 Å². The average Bonchev–Trinajstić information content (AvgIpc) is 2.94. The van der Waals surface area contributed by atoms with Crippen molar-refractivity contribution in [1.29, 1.82) is 0 Å². The summed E-state index contributed by atoms with van der Waals surface area (Å²) in [5, 5.41) is 21.8. The number of carbonyl (C=O) groups excluding carboxylic acids is 1. The summed E-state index contributed by atoms with van der Waals surface area (Å²) in [6, 6.07) is 8.00. The number of fused-ring (bicyclic) bond motifs is 5. The highest BCUT2D eigenvalue weighted by atomic mass is 16.7. The Morgan fingerprint density at radius 2 is 2.02 bits per heavy atom. The van der Waals surface area contributed by atoms with E-state index in [2.05, 4.69) is 26.5 Å². The zero-order chi connectivity index (χ0) is 29.8. The molecular weight excluding hydrogens is 516 g/mol. The molecule has 1 aromatic rings. The molecule has 4 bridgehead atoms. The van der Waals surface area contributed by atoms with E-state index in [1.54, 1.807) is 0 Å². The van der Waals surface area contributed by atoms with Crippen LogP contribution in [-0.2, 0) is 19.0 Å². The number of aliphatic hydroxyl groups excluding tert-OH is 2. The molecule has 0 aromatic heterocycles. The van der Waals surface area contributed by atoms with E-state index in [-0.39, 0.29) is 23.9 Å². The molecule has 0 aliphatic carbocycles. The van der Waals surface area contributed by atoms with Gasteiger partial charge >= 0.3 is 5.97 Å². The van der Waals surface area contributed by atoms with Crippen LogP contribution in [0.4, 0.5) is 0 Å². The van der Waals surface area contributed by atoms with Gasteiger partial charge in [0.15, 0.2) is 6.29 Å². The zero-order valence-corrected chi connectivity index (χ0v) is 25.3. The van der Waals surface area contributed by atoms with Crippen LogP contribution in [0, 0.1) is 11.8 Å². The van der Waals surface area contributed by atoms with Crippen molar-refractivity contribution >= 4 is 12.0 Å². The summed E-state index contributed by atoms with van der Waals surface area (Å²) < 4.78 is 18.1. The van der Waals surface area contributed by atoms with Crippen molar-refractivity contribution in [2.75, 3.05) is 6.61 Å². The molecule has 0 saturated carbocycles. The number of hydrogen-bond acceptors (Lipinski definition) is 6. The Morgan fingerprint density at radius 1 is 1.22 bits per heavy atom. The van der Waals surface area contributed by atoms with Crippen LogP contribution in [0.15, 0.2) is 66.3 Å². The molecular formula is C35H50O6. The van der Waals surface area contributed by atoms with Crippen LogP contribution in [-0.4, -0.2) is 47.2 Å². The molecule has 0 amide bonds. The first-order valence-corrected chi connectivity index (χ1v) is 15.2. The molecule has 6 nitrogen and oxygen atoms in total. The summed E-state index contributed by atoms with van der Waals surface area (Å²) in [4.78, 5) is 12.8. The van der Waals surface area contributed by atoms with Gasteiger partial charge in [-0.1, -0.05) is 74.1 Å². The van der Waals surface area contributed by atoms with Crippen molar-refractivity contribution in [2.24, 2.45) is 11.8 Å². The smallest absolute Gasteiger partial charge is 0.330 e. The van der Waals surface area contributed by atoms with Gasteiger partial charge in [-0.3, -0.25) is 0 Å². The van der Waals surface area contributed by atoms with Gasteiger partial charge in [0.2, 0.25) is 0 Å². The standard InChI is InChI=1S/C35H50O6/c1-6-24(2)20-26(4)34-27(5)32(37)16-11-14-28-13-10-15-29(22-28)35-39-19-18-31(40-35)23-30(36)21-25(3)12-8-7-9-17-33(38)41-34/h6,9-11,13-15,17,22,26-27,30-32,34-37H,3,7-8,12,16,18-21,23H2,1-2,4-5H3/b14-11+,17-9-,24-6+/t26?,27-,30?,31?,32?,34+,35?/m0/s1. The summed E-state index contributed by atoms with van der Waals surface area (Å²) in [7, 11) is 0. The number of allylic oxidation sites excluding steroid dienone is 3. The number of cyclic esters (lactones) is 1. The number of rotatable bonds is 3. The predicted octanol–water partition coefficient (Wildman–Crippen LogP) is 7.23. The first-order valence-electron chi connectivity index (χ1n) is 15.2. The second-order valence-electron chi connectivity index (χ2n) is 11.8. The Morgan fingerprint density at radius 3 is 2.80 bits per heavy atom. The summed E-state index contributed by atoms with van der Waals surface area (Å²) in [6.07, 6.45) is 12.5. The predicted molar refractivity (Wildman–Crippen MR) is 164 cm³/mol. The van der Waals surface area contributed by atoms with Crippen LogP contribution in [0.1, 0.15) is 96.5 Å². The third-order valence-corrected chi connectivity index (χ3v) is 8.19. The normalized spacial score (nSPS) is 32.0. The molecule has 41 heavy (non-hydrogen) atoms. The monoisotopic (exact) mass is 566 g/mol. The molecule has 7 atom stereocenters. The summed E-state index contributed by atoms with van der Waals surface area (Å²) in [5.74, 6) is -0.579. The molecule has 6 heteroatoms. The quantitative estimate of drug-likeness (QED) is 0.297. The van der Waals surface area contributed by atoms with Gasteiger partial charge in [-0.25, -0.2) is 4.79 Å². The maximum Gasteiger partial charge on any atom is 0.330 e. The summed E-state index contributed by atoms with van der Waals surface area (Å²) >= 11 is 0. The van der Waals surface area contributed by atoms with Crippen LogP contribution < -0.4 is 0 Å².